The number of esters is 1. The van der Waals surface area contributed by atoms with Gasteiger partial charge in [-0.25, -0.2) is 4.79 Å². The quantitative estimate of drug-likeness (QED) is 0.519. The van der Waals surface area contributed by atoms with Crippen molar-refractivity contribution in [2.75, 3.05) is 0 Å². The second-order valence-corrected chi connectivity index (χ2v) is 20.3. The Morgan fingerprint density at radius 3 is 2.39 bits per heavy atom. The van der Waals surface area contributed by atoms with Gasteiger partial charge in [-0.1, -0.05) is 40.4 Å². The van der Waals surface area contributed by atoms with Crippen LogP contribution in [0.5, 0.6) is 0 Å². The molecule has 3 nitrogen and oxygen atoms in total. The van der Waals surface area contributed by atoms with Gasteiger partial charge in [0.25, 0.3) is 0 Å². The predicted molar refractivity (Wildman–Crippen MR) is 101 cm³/mol. The van der Waals surface area contributed by atoms with Gasteiger partial charge in [0.2, 0.25) is 0 Å². The molecule has 0 aromatic heterocycles. The SMILES string of the molecule is CC(C)(C)[Si](C)(C)O[C@H]1CCC2(C[Si](C)(C)C)OC(=O)C=C2C1. The highest BCUT2D eigenvalue weighted by molar-refractivity contribution is 6.76. The molecule has 2 aliphatic rings. The molecule has 23 heavy (non-hydrogen) atoms. The molecular weight excluding hydrogens is 320 g/mol. The molecule has 1 saturated carbocycles. The van der Waals surface area contributed by atoms with E-state index in [2.05, 4.69) is 53.5 Å². The van der Waals surface area contributed by atoms with Crippen LogP contribution in [0.4, 0.5) is 0 Å². The van der Waals surface area contributed by atoms with E-state index in [1.165, 1.54) is 5.57 Å². The van der Waals surface area contributed by atoms with Crippen LogP contribution < -0.4 is 0 Å². The first kappa shape index (κ1) is 18.9. The van der Waals surface area contributed by atoms with E-state index in [4.69, 9.17) is 9.16 Å². The van der Waals surface area contributed by atoms with Gasteiger partial charge in [0.1, 0.15) is 5.60 Å². The molecule has 0 N–H and O–H groups in total. The van der Waals surface area contributed by atoms with Gasteiger partial charge in [0.05, 0.1) is 0 Å². The summed E-state index contributed by atoms with van der Waals surface area (Å²) in [5.41, 5.74) is 0.884. The molecule has 0 amide bonds. The van der Waals surface area contributed by atoms with Crippen molar-refractivity contribution >= 4 is 22.4 Å². The van der Waals surface area contributed by atoms with Crippen molar-refractivity contribution in [1.29, 1.82) is 0 Å². The van der Waals surface area contributed by atoms with Crippen molar-refractivity contribution < 1.29 is 14.0 Å². The molecule has 1 aliphatic carbocycles. The molecule has 2 rings (SSSR count). The first-order chi connectivity index (χ1) is 10.2. The number of carbonyl (C=O) groups is 1. The Morgan fingerprint density at radius 1 is 1.26 bits per heavy atom. The summed E-state index contributed by atoms with van der Waals surface area (Å²) >= 11 is 0. The Kier molecular flexibility index (Phi) is 4.81. The molecule has 1 fully saturated rings. The summed E-state index contributed by atoms with van der Waals surface area (Å²) in [5.74, 6) is -0.147. The van der Waals surface area contributed by atoms with E-state index in [1.807, 2.05) is 0 Å². The fraction of sp³-hybridized carbons (Fsp3) is 0.833. The number of carbonyl (C=O) groups excluding carboxylic acids is 1. The first-order valence-electron chi connectivity index (χ1n) is 8.86. The van der Waals surface area contributed by atoms with Crippen molar-refractivity contribution in [1.82, 2.24) is 0 Å². The van der Waals surface area contributed by atoms with E-state index in [0.29, 0.717) is 0 Å². The smallest absolute Gasteiger partial charge is 0.331 e. The topological polar surface area (TPSA) is 35.5 Å². The van der Waals surface area contributed by atoms with Crippen LogP contribution in [-0.4, -0.2) is 34.1 Å². The molecule has 1 heterocycles. The Hall–Kier alpha value is -0.396. The van der Waals surface area contributed by atoms with Gasteiger partial charge in [-0.15, -0.1) is 0 Å². The normalized spacial score (nSPS) is 29.1. The van der Waals surface area contributed by atoms with Crippen LogP contribution in [0.2, 0.25) is 43.8 Å². The Labute approximate surface area is 144 Å². The number of rotatable bonds is 4. The molecule has 0 radical (unpaired) electrons. The van der Waals surface area contributed by atoms with Crippen molar-refractivity contribution in [2.45, 2.75) is 95.6 Å². The molecule has 5 heteroatoms. The van der Waals surface area contributed by atoms with Gasteiger partial charge < -0.3 is 9.16 Å². The third-order valence-electron chi connectivity index (χ3n) is 5.57. The first-order valence-corrected chi connectivity index (χ1v) is 15.5. The Balaban J connectivity index is 2.14. The zero-order valence-electron chi connectivity index (χ0n) is 16.2. The van der Waals surface area contributed by atoms with Crippen LogP contribution in [0.15, 0.2) is 11.6 Å². The monoisotopic (exact) mass is 354 g/mol. The molecule has 0 spiro atoms. The van der Waals surface area contributed by atoms with Crippen molar-refractivity contribution in [3.63, 3.8) is 0 Å². The van der Waals surface area contributed by atoms with Crippen LogP contribution in [-0.2, 0) is 14.0 Å². The zero-order valence-corrected chi connectivity index (χ0v) is 18.2. The fourth-order valence-electron chi connectivity index (χ4n) is 3.55. The maximum Gasteiger partial charge on any atom is 0.331 e. The van der Waals surface area contributed by atoms with Gasteiger partial charge in [0, 0.05) is 20.3 Å². The molecule has 1 unspecified atom stereocenters. The molecule has 0 bridgehead atoms. The van der Waals surface area contributed by atoms with Crippen molar-refractivity contribution in [3.8, 4) is 0 Å². The largest absolute Gasteiger partial charge is 0.452 e. The van der Waals surface area contributed by atoms with E-state index in [1.54, 1.807) is 6.08 Å². The third kappa shape index (κ3) is 4.17. The number of hydrogen-bond donors (Lipinski definition) is 0. The number of fused-ring (bicyclic) bond motifs is 1. The lowest BCUT2D eigenvalue weighted by molar-refractivity contribution is -0.146. The third-order valence-corrected chi connectivity index (χ3v) is 11.7. The standard InChI is InChI=1S/C18H34O3Si2/c1-17(2,3)23(7,8)21-15-9-10-18(13-22(4,5)6)14(11-15)12-16(19)20-18/h12,15H,9-11,13H2,1-8H3/t15-,18?/m0/s1. The summed E-state index contributed by atoms with van der Waals surface area (Å²) in [6.45, 7) is 18.5. The summed E-state index contributed by atoms with van der Waals surface area (Å²) in [6.07, 6.45) is 4.78. The average molecular weight is 355 g/mol. The summed E-state index contributed by atoms with van der Waals surface area (Å²) in [7, 11) is -3.09. The molecule has 0 aromatic rings. The highest BCUT2D eigenvalue weighted by Gasteiger charge is 2.50. The van der Waals surface area contributed by atoms with Crippen LogP contribution in [0, 0.1) is 0 Å². The minimum atomic E-state index is -1.77. The van der Waals surface area contributed by atoms with E-state index in [9.17, 15) is 4.79 Å². The molecule has 0 saturated heterocycles. The zero-order chi connectivity index (χ0) is 17.7. The van der Waals surface area contributed by atoms with Crippen LogP contribution in [0.3, 0.4) is 0 Å². The molecular formula is C18H34O3Si2. The summed E-state index contributed by atoms with van der Waals surface area (Å²) in [6, 6.07) is 1.03. The predicted octanol–water partition coefficient (Wildman–Crippen LogP) is 5.12. The summed E-state index contributed by atoms with van der Waals surface area (Å²) in [4.78, 5) is 11.9. The second kappa shape index (κ2) is 5.85. The van der Waals surface area contributed by atoms with Crippen LogP contribution >= 0.6 is 0 Å². The van der Waals surface area contributed by atoms with E-state index in [-0.39, 0.29) is 22.7 Å². The molecule has 132 valence electrons. The second-order valence-electron chi connectivity index (χ2n) is 10.1. The van der Waals surface area contributed by atoms with Gasteiger partial charge >= 0.3 is 5.97 Å². The van der Waals surface area contributed by atoms with Gasteiger partial charge in [0.15, 0.2) is 8.32 Å². The van der Waals surface area contributed by atoms with Crippen LogP contribution in [0.1, 0.15) is 40.0 Å². The van der Waals surface area contributed by atoms with Crippen molar-refractivity contribution in [2.24, 2.45) is 0 Å². The van der Waals surface area contributed by atoms with Gasteiger partial charge in [-0.05, 0) is 49.0 Å². The lowest BCUT2D eigenvalue weighted by Gasteiger charge is -2.45. The Morgan fingerprint density at radius 2 is 1.87 bits per heavy atom. The average Bonchev–Trinajstić information content (AvgIpc) is 2.59. The number of hydrogen-bond acceptors (Lipinski definition) is 3. The van der Waals surface area contributed by atoms with Crippen LogP contribution in [0.25, 0.3) is 0 Å². The molecule has 1 aliphatic heterocycles. The number of ether oxygens (including phenoxy) is 1. The highest BCUT2D eigenvalue weighted by Crippen LogP contribution is 2.48. The molecule has 2 atom stereocenters. The maximum atomic E-state index is 11.9. The lowest BCUT2D eigenvalue weighted by atomic mass is 9.81. The maximum absolute atomic E-state index is 11.9. The highest BCUT2D eigenvalue weighted by atomic mass is 28.4. The van der Waals surface area contributed by atoms with Crippen molar-refractivity contribution in [3.05, 3.63) is 11.6 Å². The summed E-state index contributed by atoms with van der Waals surface area (Å²) in [5, 5.41) is 0.218. The minimum absolute atomic E-state index is 0.147. The van der Waals surface area contributed by atoms with Gasteiger partial charge in [-0.3, -0.25) is 0 Å². The van der Waals surface area contributed by atoms with E-state index < -0.39 is 16.4 Å². The molecule has 0 aromatic carbocycles. The fourth-order valence-corrected chi connectivity index (χ4v) is 7.13. The van der Waals surface area contributed by atoms with E-state index in [0.717, 1.165) is 25.3 Å². The minimum Gasteiger partial charge on any atom is -0.452 e. The van der Waals surface area contributed by atoms with Gasteiger partial charge in [-0.2, -0.15) is 0 Å². The lowest BCUT2D eigenvalue weighted by Crippen LogP contribution is -2.48. The van der Waals surface area contributed by atoms with E-state index >= 15 is 0 Å². The summed E-state index contributed by atoms with van der Waals surface area (Å²) < 4.78 is 12.4. The Bertz CT molecular complexity index is 511.